The van der Waals surface area contributed by atoms with Crippen LogP contribution in [0.1, 0.15) is 71.1 Å². The van der Waals surface area contributed by atoms with E-state index in [1.807, 2.05) is 0 Å². The zero-order valence-corrected chi connectivity index (χ0v) is 11.5. The minimum absolute atomic E-state index is 0.210. The van der Waals surface area contributed by atoms with Gasteiger partial charge in [0.05, 0.1) is 0 Å². The van der Waals surface area contributed by atoms with Crippen LogP contribution in [0.4, 0.5) is 0 Å². The van der Waals surface area contributed by atoms with Crippen LogP contribution in [0.5, 0.6) is 0 Å². The molecule has 2 N–H and O–H groups in total. The van der Waals surface area contributed by atoms with Gasteiger partial charge >= 0.3 is 0 Å². The van der Waals surface area contributed by atoms with Gasteiger partial charge in [-0.2, -0.15) is 0 Å². The molecular formula is C16H29N. The van der Waals surface area contributed by atoms with Gasteiger partial charge in [0, 0.05) is 5.54 Å². The molecule has 2 bridgehead atoms. The summed E-state index contributed by atoms with van der Waals surface area (Å²) in [4.78, 5) is 0. The van der Waals surface area contributed by atoms with E-state index in [0.29, 0.717) is 0 Å². The Morgan fingerprint density at radius 2 is 2.00 bits per heavy atom. The molecule has 0 aromatic heterocycles. The fourth-order valence-electron chi connectivity index (χ4n) is 5.33. The first-order valence-corrected chi connectivity index (χ1v) is 8.00. The van der Waals surface area contributed by atoms with E-state index in [-0.39, 0.29) is 5.54 Å². The second-order valence-corrected chi connectivity index (χ2v) is 7.22. The fourth-order valence-corrected chi connectivity index (χ4v) is 5.33. The summed E-state index contributed by atoms with van der Waals surface area (Å²) in [6, 6.07) is 0. The summed E-state index contributed by atoms with van der Waals surface area (Å²) < 4.78 is 0. The molecule has 0 radical (unpaired) electrons. The van der Waals surface area contributed by atoms with Gasteiger partial charge in [0.25, 0.3) is 0 Å². The van der Waals surface area contributed by atoms with Crippen LogP contribution < -0.4 is 5.73 Å². The largest absolute Gasteiger partial charge is 0.325 e. The van der Waals surface area contributed by atoms with Crippen molar-refractivity contribution in [3.63, 3.8) is 0 Å². The first-order chi connectivity index (χ1) is 8.21. The Bertz CT molecular complexity index is 275. The smallest absolute Gasteiger partial charge is 0.0185 e. The van der Waals surface area contributed by atoms with Crippen LogP contribution in [-0.2, 0) is 0 Å². The quantitative estimate of drug-likeness (QED) is 0.782. The highest BCUT2D eigenvalue weighted by atomic mass is 14.8. The highest BCUT2D eigenvalue weighted by molar-refractivity contribution is 4.99. The van der Waals surface area contributed by atoms with Gasteiger partial charge < -0.3 is 5.73 Å². The van der Waals surface area contributed by atoms with Gasteiger partial charge in [0.1, 0.15) is 0 Å². The molecule has 3 rings (SSSR count). The summed E-state index contributed by atoms with van der Waals surface area (Å²) in [5.74, 6) is 3.94. The van der Waals surface area contributed by atoms with Crippen LogP contribution in [-0.4, -0.2) is 5.54 Å². The van der Waals surface area contributed by atoms with Crippen molar-refractivity contribution in [2.45, 2.75) is 76.7 Å². The maximum absolute atomic E-state index is 6.83. The van der Waals surface area contributed by atoms with Gasteiger partial charge in [-0.15, -0.1) is 0 Å². The fraction of sp³-hybridized carbons (Fsp3) is 1.00. The van der Waals surface area contributed by atoms with Crippen LogP contribution >= 0.6 is 0 Å². The molecule has 5 unspecified atom stereocenters. The molecule has 0 heterocycles. The van der Waals surface area contributed by atoms with Gasteiger partial charge in [0.2, 0.25) is 0 Å². The van der Waals surface area contributed by atoms with Crippen molar-refractivity contribution in [2.75, 3.05) is 0 Å². The average molecular weight is 235 g/mol. The van der Waals surface area contributed by atoms with E-state index in [0.717, 1.165) is 23.7 Å². The summed E-state index contributed by atoms with van der Waals surface area (Å²) in [7, 11) is 0. The Morgan fingerprint density at radius 1 is 1.12 bits per heavy atom. The van der Waals surface area contributed by atoms with E-state index >= 15 is 0 Å². The Hall–Kier alpha value is -0.0400. The molecule has 1 heteroatoms. The van der Waals surface area contributed by atoms with E-state index in [1.54, 1.807) is 0 Å². The number of hydrogen-bond acceptors (Lipinski definition) is 1. The second kappa shape index (κ2) is 4.57. The van der Waals surface area contributed by atoms with Crippen molar-refractivity contribution in [3.8, 4) is 0 Å². The molecule has 3 fully saturated rings. The van der Waals surface area contributed by atoms with Crippen molar-refractivity contribution >= 4 is 0 Å². The molecular weight excluding hydrogens is 206 g/mol. The lowest BCUT2D eigenvalue weighted by atomic mass is 9.66. The van der Waals surface area contributed by atoms with Crippen LogP contribution in [0, 0.1) is 23.7 Å². The number of hydrogen-bond donors (Lipinski definition) is 1. The van der Waals surface area contributed by atoms with Crippen molar-refractivity contribution in [2.24, 2.45) is 29.4 Å². The van der Waals surface area contributed by atoms with Crippen LogP contribution in [0.15, 0.2) is 0 Å². The van der Waals surface area contributed by atoms with Crippen LogP contribution in [0.3, 0.4) is 0 Å². The molecule has 0 aliphatic heterocycles. The second-order valence-electron chi connectivity index (χ2n) is 7.22. The lowest BCUT2D eigenvalue weighted by molar-refractivity contribution is 0.128. The molecule has 3 saturated carbocycles. The molecule has 3 aliphatic carbocycles. The van der Waals surface area contributed by atoms with E-state index in [4.69, 9.17) is 5.73 Å². The van der Waals surface area contributed by atoms with E-state index < -0.39 is 0 Å². The summed E-state index contributed by atoms with van der Waals surface area (Å²) in [6.45, 7) is 2.35. The lowest BCUT2D eigenvalue weighted by Gasteiger charge is -2.44. The third-order valence-electron chi connectivity index (χ3n) is 6.28. The first-order valence-electron chi connectivity index (χ1n) is 8.00. The average Bonchev–Trinajstić information content (AvgIpc) is 2.91. The molecule has 5 atom stereocenters. The molecule has 98 valence electrons. The number of nitrogens with two attached hydrogens (primary N) is 1. The van der Waals surface area contributed by atoms with Crippen LogP contribution in [0.2, 0.25) is 0 Å². The Labute approximate surface area is 107 Å². The predicted octanol–water partition coefficient (Wildman–Crippen LogP) is 4.11. The molecule has 0 amide bonds. The highest BCUT2D eigenvalue weighted by Gasteiger charge is 2.45. The van der Waals surface area contributed by atoms with Gasteiger partial charge in [-0.05, 0) is 62.2 Å². The maximum atomic E-state index is 6.83. The minimum atomic E-state index is 0.210. The summed E-state index contributed by atoms with van der Waals surface area (Å²) in [5.41, 5.74) is 7.04. The van der Waals surface area contributed by atoms with Crippen LogP contribution in [0.25, 0.3) is 0 Å². The van der Waals surface area contributed by atoms with Crippen molar-refractivity contribution in [1.82, 2.24) is 0 Å². The number of rotatable bonds is 3. The molecule has 0 aromatic carbocycles. The van der Waals surface area contributed by atoms with Gasteiger partial charge in [-0.25, -0.2) is 0 Å². The van der Waals surface area contributed by atoms with Gasteiger partial charge in [0.15, 0.2) is 0 Å². The van der Waals surface area contributed by atoms with E-state index in [9.17, 15) is 0 Å². The van der Waals surface area contributed by atoms with E-state index in [2.05, 4.69) is 6.92 Å². The standard InChI is InChI=1S/C16H29N/c1-2-15-5-3-4-8-16(15,17)11-14-10-12-6-7-13(14)9-12/h12-15H,2-11,17H2,1H3. The normalized spacial score (nSPS) is 49.8. The molecule has 3 aliphatic rings. The molecule has 0 spiro atoms. The zero-order valence-electron chi connectivity index (χ0n) is 11.5. The molecule has 1 nitrogen and oxygen atoms in total. The molecule has 17 heavy (non-hydrogen) atoms. The van der Waals surface area contributed by atoms with E-state index in [1.165, 1.54) is 64.2 Å². The third-order valence-corrected chi connectivity index (χ3v) is 6.28. The minimum Gasteiger partial charge on any atom is -0.325 e. The predicted molar refractivity (Wildman–Crippen MR) is 72.7 cm³/mol. The zero-order chi connectivity index (χ0) is 11.9. The Morgan fingerprint density at radius 3 is 2.65 bits per heavy atom. The maximum Gasteiger partial charge on any atom is 0.0185 e. The first kappa shape index (κ1) is 12.0. The molecule has 0 saturated heterocycles. The Kier molecular flexibility index (Phi) is 3.23. The highest BCUT2D eigenvalue weighted by Crippen LogP contribution is 2.52. The lowest BCUT2D eigenvalue weighted by Crippen LogP contribution is -2.50. The van der Waals surface area contributed by atoms with Gasteiger partial charge in [-0.1, -0.05) is 32.6 Å². The third kappa shape index (κ3) is 2.16. The monoisotopic (exact) mass is 235 g/mol. The summed E-state index contributed by atoms with van der Waals surface area (Å²) in [5, 5.41) is 0. The van der Waals surface area contributed by atoms with Gasteiger partial charge in [-0.3, -0.25) is 0 Å². The van der Waals surface area contributed by atoms with Crippen molar-refractivity contribution in [1.29, 1.82) is 0 Å². The topological polar surface area (TPSA) is 26.0 Å². The summed E-state index contributed by atoms with van der Waals surface area (Å²) >= 11 is 0. The summed E-state index contributed by atoms with van der Waals surface area (Å²) in [6.07, 6.45) is 14.3. The molecule has 0 aromatic rings. The van der Waals surface area contributed by atoms with Crippen molar-refractivity contribution in [3.05, 3.63) is 0 Å². The number of fused-ring (bicyclic) bond motifs is 2. The Balaban J connectivity index is 1.66. The SMILES string of the molecule is CCC1CCCCC1(N)CC1CC2CCC1C2. The van der Waals surface area contributed by atoms with Crippen molar-refractivity contribution < 1.29 is 0 Å².